The Morgan fingerprint density at radius 1 is 1.24 bits per heavy atom. The van der Waals surface area contributed by atoms with Crippen molar-refractivity contribution < 1.29 is 5.11 Å². The zero-order valence-corrected chi connectivity index (χ0v) is 10.4. The third kappa shape index (κ3) is 2.00. The van der Waals surface area contributed by atoms with E-state index in [2.05, 4.69) is 42.3 Å². The van der Waals surface area contributed by atoms with Gasteiger partial charge in [-0.3, -0.25) is 4.90 Å². The molecule has 0 spiro atoms. The van der Waals surface area contributed by atoms with Crippen molar-refractivity contribution in [1.29, 1.82) is 0 Å². The first-order valence-corrected chi connectivity index (χ1v) is 6.68. The highest BCUT2D eigenvalue weighted by atomic mass is 16.3. The Balaban J connectivity index is 1.69. The van der Waals surface area contributed by atoms with Crippen LogP contribution in [0.4, 0.5) is 0 Å². The van der Waals surface area contributed by atoms with Gasteiger partial charge in [0.15, 0.2) is 0 Å². The van der Waals surface area contributed by atoms with Crippen molar-refractivity contribution in [1.82, 2.24) is 4.90 Å². The van der Waals surface area contributed by atoms with E-state index >= 15 is 0 Å². The molecule has 0 aromatic heterocycles. The average Bonchev–Trinajstić information content (AvgIpc) is 2.86. The topological polar surface area (TPSA) is 23.5 Å². The van der Waals surface area contributed by atoms with Crippen LogP contribution in [0.2, 0.25) is 0 Å². The number of rotatable bonds is 3. The molecule has 0 amide bonds. The molecule has 1 N–H and O–H groups in total. The van der Waals surface area contributed by atoms with Gasteiger partial charge in [0.2, 0.25) is 0 Å². The number of aliphatic hydroxyl groups is 1. The molecule has 2 aliphatic rings. The summed E-state index contributed by atoms with van der Waals surface area (Å²) in [6.07, 6.45) is 3.51. The van der Waals surface area contributed by atoms with Gasteiger partial charge >= 0.3 is 0 Å². The minimum absolute atomic E-state index is 0.0445. The Morgan fingerprint density at radius 2 is 2.00 bits per heavy atom. The molecule has 2 nitrogen and oxygen atoms in total. The van der Waals surface area contributed by atoms with E-state index in [4.69, 9.17) is 0 Å². The predicted molar refractivity (Wildman–Crippen MR) is 68.5 cm³/mol. The molecule has 2 heteroatoms. The van der Waals surface area contributed by atoms with Gasteiger partial charge in [-0.2, -0.15) is 0 Å². The predicted octanol–water partition coefficient (Wildman–Crippen LogP) is 2.28. The second-order valence-corrected chi connectivity index (χ2v) is 5.70. The largest absolute Gasteiger partial charge is 0.393 e. The Hall–Kier alpha value is -0.860. The first-order valence-electron chi connectivity index (χ1n) is 6.68. The average molecular weight is 231 g/mol. The van der Waals surface area contributed by atoms with Gasteiger partial charge in [0, 0.05) is 18.5 Å². The number of hydrogen-bond acceptors (Lipinski definition) is 2. The molecule has 0 radical (unpaired) electrons. The van der Waals surface area contributed by atoms with Crippen LogP contribution in [0.25, 0.3) is 0 Å². The fourth-order valence-electron chi connectivity index (χ4n) is 3.92. The van der Waals surface area contributed by atoms with Crippen LogP contribution in [-0.4, -0.2) is 29.2 Å². The third-order valence-corrected chi connectivity index (χ3v) is 4.61. The maximum Gasteiger partial charge on any atom is 0.0586 e. The lowest BCUT2D eigenvalue weighted by molar-refractivity contribution is 0.0945. The summed E-state index contributed by atoms with van der Waals surface area (Å²) in [6.45, 7) is 1.01. The maximum atomic E-state index is 9.98. The molecule has 3 rings (SSSR count). The van der Waals surface area contributed by atoms with Crippen molar-refractivity contribution in [3.63, 3.8) is 0 Å². The van der Waals surface area contributed by atoms with E-state index in [1.807, 2.05) is 0 Å². The number of hydrogen-bond donors (Lipinski definition) is 1. The molecule has 1 aromatic rings. The highest BCUT2D eigenvalue weighted by molar-refractivity contribution is 5.15. The van der Waals surface area contributed by atoms with Crippen LogP contribution >= 0.6 is 0 Å². The van der Waals surface area contributed by atoms with Gasteiger partial charge in [0.25, 0.3) is 0 Å². The Labute approximate surface area is 103 Å². The van der Waals surface area contributed by atoms with Crippen LogP contribution < -0.4 is 0 Å². The fourth-order valence-corrected chi connectivity index (χ4v) is 3.92. The normalized spacial score (nSPS) is 35.7. The second-order valence-electron chi connectivity index (χ2n) is 5.70. The Morgan fingerprint density at radius 3 is 2.59 bits per heavy atom. The monoisotopic (exact) mass is 231 g/mol. The van der Waals surface area contributed by atoms with Gasteiger partial charge in [-0.15, -0.1) is 0 Å². The summed E-state index contributed by atoms with van der Waals surface area (Å²) in [4.78, 5) is 2.45. The second kappa shape index (κ2) is 4.43. The zero-order chi connectivity index (χ0) is 11.8. The van der Waals surface area contributed by atoms with Crippen molar-refractivity contribution in [2.24, 2.45) is 11.8 Å². The van der Waals surface area contributed by atoms with Gasteiger partial charge in [-0.05, 0) is 37.8 Å². The van der Waals surface area contributed by atoms with E-state index in [1.54, 1.807) is 0 Å². The highest BCUT2D eigenvalue weighted by Crippen LogP contribution is 2.47. The van der Waals surface area contributed by atoms with E-state index in [0.29, 0.717) is 12.0 Å². The third-order valence-electron chi connectivity index (χ3n) is 4.61. The molecule has 17 heavy (non-hydrogen) atoms. The lowest BCUT2D eigenvalue weighted by Gasteiger charge is -2.28. The van der Waals surface area contributed by atoms with Crippen molar-refractivity contribution in [3.8, 4) is 0 Å². The Bertz CT molecular complexity index is 378. The van der Waals surface area contributed by atoms with E-state index in [-0.39, 0.29) is 6.10 Å². The number of fused-ring (bicyclic) bond motifs is 2. The molecule has 92 valence electrons. The van der Waals surface area contributed by atoms with Crippen LogP contribution in [0, 0.1) is 11.8 Å². The molecule has 1 unspecified atom stereocenters. The minimum Gasteiger partial charge on any atom is -0.393 e. The molecule has 2 fully saturated rings. The number of aliphatic hydroxyl groups excluding tert-OH is 1. The first-order chi connectivity index (χ1) is 8.25. The number of nitrogens with zero attached hydrogens (tertiary/aromatic N) is 1. The quantitative estimate of drug-likeness (QED) is 0.862. The summed E-state index contributed by atoms with van der Waals surface area (Å²) >= 11 is 0. The van der Waals surface area contributed by atoms with Crippen molar-refractivity contribution in [2.45, 2.75) is 38.0 Å². The van der Waals surface area contributed by atoms with E-state index in [0.717, 1.165) is 18.9 Å². The molecular weight excluding hydrogens is 210 g/mol. The summed E-state index contributed by atoms with van der Waals surface area (Å²) in [5.41, 5.74) is 1.37. The van der Waals surface area contributed by atoms with E-state index in [9.17, 15) is 5.11 Å². The molecular formula is C15H21NO. The van der Waals surface area contributed by atoms with Crippen molar-refractivity contribution in [3.05, 3.63) is 35.9 Å². The van der Waals surface area contributed by atoms with Gasteiger partial charge < -0.3 is 5.11 Å². The van der Waals surface area contributed by atoms with Crippen molar-refractivity contribution in [2.75, 3.05) is 7.05 Å². The van der Waals surface area contributed by atoms with Gasteiger partial charge in [-0.25, -0.2) is 0 Å². The molecule has 2 saturated carbocycles. The maximum absolute atomic E-state index is 9.98. The summed E-state index contributed by atoms with van der Waals surface area (Å²) in [5, 5.41) is 9.98. The summed E-state index contributed by atoms with van der Waals surface area (Å²) in [7, 11) is 2.21. The van der Waals surface area contributed by atoms with Gasteiger partial charge in [0.05, 0.1) is 6.10 Å². The Kier molecular flexibility index (Phi) is 2.93. The highest BCUT2D eigenvalue weighted by Gasteiger charge is 2.48. The smallest absolute Gasteiger partial charge is 0.0586 e. The zero-order valence-electron chi connectivity index (χ0n) is 10.4. The van der Waals surface area contributed by atoms with Gasteiger partial charge in [-0.1, -0.05) is 30.3 Å². The lowest BCUT2D eigenvalue weighted by atomic mass is 9.98. The van der Waals surface area contributed by atoms with Crippen LogP contribution in [0.5, 0.6) is 0 Å². The van der Waals surface area contributed by atoms with Crippen LogP contribution in [0.1, 0.15) is 24.8 Å². The molecule has 0 saturated heterocycles. The molecule has 2 aliphatic carbocycles. The van der Waals surface area contributed by atoms with Crippen molar-refractivity contribution >= 4 is 0 Å². The van der Waals surface area contributed by atoms with Crippen LogP contribution in [-0.2, 0) is 6.54 Å². The van der Waals surface area contributed by atoms with Gasteiger partial charge in [0.1, 0.15) is 0 Å². The number of benzene rings is 1. The van der Waals surface area contributed by atoms with E-state index < -0.39 is 0 Å². The molecule has 0 aliphatic heterocycles. The first kappa shape index (κ1) is 11.2. The lowest BCUT2D eigenvalue weighted by Crippen LogP contribution is -2.36. The summed E-state index contributed by atoms with van der Waals surface area (Å²) in [6, 6.07) is 11.2. The molecule has 0 heterocycles. The molecule has 1 aromatic carbocycles. The standard InChI is InChI=1S/C15H21NO/c1-16(10-11-5-3-2-4-6-11)15-12-7-8-13(15)14(17)9-12/h2-6,12-15,17H,7-10H2,1H3/t12-,13+,14+,15?/m0/s1. The minimum atomic E-state index is -0.0445. The SMILES string of the molecule is CN(Cc1ccccc1)C1[C@H]2CC[C@@H]1[C@H](O)C2. The fraction of sp³-hybridized carbons (Fsp3) is 0.600. The van der Waals surface area contributed by atoms with E-state index in [1.165, 1.54) is 18.4 Å². The van der Waals surface area contributed by atoms with Crippen LogP contribution in [0.3, 0.4) is 0 Å². The summed E-state index contributed by atoms with van der Waals surface area (Å²) < 4.78 is 0. The van der Waals surface area contributed by atoms with Crippen LogP contribution in [0.15, 0.2) is 30.3 Å². The summed E-state index contributed by atoms with van der Waals surface area (Å²) in [5.74, 6) is 1.25. The molecule has 4 atom stereocenters. The molecule has 2 bridgehead atoms.